The fourth-order valence-electron chi connectivity index (χ4n) is 2.19. The molecule has 0 spiro atoms. The van der Waals surface area contributed by atoms with E-state index in [9.17, 15) is 13.2 Å². The van der Waals surface area contributed by atoms with E-state index in [1.807, 2.05) is 0 Å². The topological polar surface area (TPSA) is 105 Å². The molecule has 3 aromatic rings. The van der Waals surface area contributed by atoms with Gasteiger partial charge in [0.15, 0.2) is 5.58 Å². The Morgan fingerprint density at radius 1 is 1.22 bits per heavy atom. The molecule has 1 heterocycles. The van der Waals surface area contributed by atoms with Crippen molar-refractivity contribution in [1.29, 1.82) is 0 Å². The summed E-state index contributed by atoms with van der Waals surface area (Å²) >= 11 is 5.87. The molecule has 7 nitrogen and oxygen atoms in total. The van der Waals surface area contributed by atoms with Gasteiger partial charge < -0.3 is 14.9 Å². The van der Waals surface area contributed by atoms with Crippen LogP contribution in [-0.2, 0) is 10.0 Å². The van der Waals surface area contributed by atoms with E-state index in [0.29, 0.717) is 9.66 Å². The Kier molecular flexibility index (Phi) is 3.57. The zero-order valence-corrected chi connectivity index (χ0v) is 13.4. The van der Waals surface area contributed by atoms with E-state index in [1.54, 1.807) is 0 Å². The molecule has 0 unspecified atom stereocenters. The van der Waals surface area contributed by atoms with Crippen LogP contribution >= 0.6 is 11.6 Å². The molecule has 0 aliphatic heterocycles. The van der Waals surface area contributed by atoms with Crippen LogP contribution in [0.3, 0.4) is 0 Å². The van der Waals surface area contributed by atoms with Gasteiger partial charge in [-0.3, -0.25) is 0 Å². The van der Waals surface area contributed by atoms with Crippen molar-refractivity contribution in [2.75, 3.05) is 12.8 Å². The zero-order valence-electron chi connectivity index (χ0n) is 11.8. The lowest BCUT2D eigenvalue weighted by molar-refractivity contribution is 0.402. The fourth-order valence-corrected chi connectivity index (χ4v) is 3.95. The third kappa shape index (κ3) is 2.45. The summed E-state index contributed by atoms with van der Waals surface area (Å²) in [4.78, 5) is 11.8. The van der Waals surface area contributed by atoms with Gasteiger partial charge in [-0.05, 0) is 30.3 Å². The van der Waals surface area contributed by atoms with Crippen molar-refractivity contribution in [1.82, 2.24) is 3.97 Å². The molecular formula is C14H11ClN2O5S. The quantitative estimate of drug-likeness (QED) is 0.722. The molecule has 3 rings (SSSR count). The molecule has 0 saturated heterocycles. The van der Waals surface area contributed by atoms with Gasteiger partial charge in [0, 0.05) is 16.8 Å². The number of hydrogen-bond donors (Lipinski definition) is 1. The van der Waals surface area contributed by atoms with Crippen LogP contribution < -0.4 is 16.2 Å². The maximum atomic E-state index is 12.9. The van der Waals surface area contributed by atoms with E-state index >= 15 is 0 Å². The van der Waals surface area contributed by atoms with Crippen LogP contribution in [0, 0.1) is 0 Å². The van der Waals surface area contributed by atoms with E-state index in [-0.39, 0.29) is 26.8 Å². The first-order chi connectivity index (χ1) is 10.8. The highest BCUT2D eigenvalue weighted by Crippen LogP contribution is 2.30. The van der Waals surface area contributed by atoms with Gasteiger partial charge in [0.1, 0.15) is 16.2 Å². The molecule has 0 fully saturated rings. The first-order valence-corrected chi connectivity index (χ1v) is 8.16. The number of rotatable bonds is 3. The highest BCUT2D eigenvalue weighted by molar-refractivity contribution is 7.90. The number of hydrogen-bond acceptors (Lipinski definition) is 6. The van der Waals surface area contributed by atoms with Gasteiger partial charge >= 0.3 is 5.76 Å². The van der Waals surface area contributed by atoms with Crippen molar-refractivity contribution in [3.63, 3.8) is 0 Å². The summed E-state index contributed by atoms with van der Waals surface area (Å²) < 4.78 is 36.3. The van der Waals surface area contributed by atoms with Crippen LogP contribution in [0.2, 0.25) is 5.02 Å². The average molecular weight is 355 g/mol. The van der Waals surface area contributed by atoms with Crippen molar-refractivity contribution >= 4 is 38.4 Å². The van der Waals surface area contributed by atoms with Crippen LogP contribution in [-0.4, -0.2) is 19.5 Å². The minimum Gasteiger partial charge on any atom is -0.495 e. The summed E-state index contributed by atoms with van der Waals surface area (Å²) in [5, 5.41) is 0.189. The van der Waals surface area contributed by atoms with Crippen LogP contribution in [0.1, 0.15) is 0 Å². The largest absolute Gasteiger partial charge is 0.495 e. The fraction of sp³-hybridized carbons (Fsp3) is 0.0714. The molecule has 0 radical (unpaired) electrons. The Balaban J connectivity index is 2.36. The van der Waals surface area contributed by atoms with Crippen molar-refractivity contribution < 1.29 is 17.6 Å². The predicted molar refractivity (Wildman–Crippen MR) is 85.5 cm³/mol. The van der Waals surface area contributed by atoms with Gasteiger partial charge in [-0.2, -0.15) is 3.97 Å². The number of anilines is 1. The first-order valence-electron chi connectivity index (χ1n) is 6.35. The summed E-state index contributed by atoms with van der Waals surface area (Å²) in [6.07, 6.45) is 0. The van der Waals surface area contributed by atoms with E-state index in [1.165, 1.54) is 43.5 Å². The van der Waals surface area contributed by atoms with Crippen molar-refractivity contribution in [3.05, 3.63) is 52.0 Å². The predicted octanol–water partition coefficient (Wildman–Crippen LogP) is 2.08. The smallest absolute Gasteiger partial charge is 0.434 e. The molecule has 2 N–H and O–H groups in total. The number of methoxy groups -OCH3 is 1. The van der Waals surface area contributed by atoms with Crippen LogP contribution in [0.5, 0.6) is 5.75 Å². The normalized spacial score (nSPS) is 11.7. The third-order valence-electron chi connectivity index (χ3n) is 3.21. The molecule has 0 bridgehead atoms. The minimum atomic E-state index is -4.27. The summed E-state index contributed by atoms with van der Waals surface area (Å²) in [6.45, 7) is 0. The van der Waals surface area contributed by atoms with Crippen molar-refractivity contribution in [3.8, 4) is 5.75 Å². The second-order valence-electron chi connectivity index (χ2n) is 4.66. The summed E-state index contributed by atoms with van der Waals surface area (Å²) in [6, 6.07) is 8.33. The number of nitrogens with zero attached hydrogens (tertiary/aromatic N) is 1. The Bertz CT molecular complexity index is 1070. The minimum absolute atomic E-state index is 0.0612. The SMILES string of the molecule is COc1ccc(Cl)cc1S(=O)(=O)n1c(=O)oc2cc(N)ccc21. The summed E-state index contributed by atoms with van der Waals surface area (Å²) in [7, 11) is -2.95. The van der Waals surface area contributed by atoms with Crippen LogP contribution in [0.4, 0.5) is 5.69 Å². The molecule has 0 amide bonds. The lowest BCUT2D eigenvalue weighted by Gasteiger charge is -2.10. The Hall–Kier alpha value is -2.45. The van der Waals surface area contributed by atoms with E-state index in [0.717, 1.165) is 0 Å². The molecule has 1 aromatic heterocycles. The lowest BCUT2D eigenvalue weighted by Crippen LogP contribution is -2.24. The third-order valence-corrected chi connectivity index (χ3v) is 5.15. The van der Waals surface area contributed by atoms with Gasteiger partial charge in [0.05, 0.1) is 7.11 Å². The molecule has 2 aromatic carbocycles. The molecule has 0 aliphatic rings. The Morgan fingerprint density at radius 3 is 2.65 bits per heavy atom. The highest BCUT2D eigenvalue weighted by Gasteiger charge is 2.27. The second-order valence-corrected chi connectivity index (χ2v) is 6.85. The summed E-state index contributed by atoms with van der Waals surface area (Å²) in [5.74, 6) is -0.987. The van der Waals surface area contributed by atoms with E-state index in [2.05, 4.69) is 0 Å². The molecule has 23 heavy (non-hydrogen) atoms. The maximum absolute atomic E-state index is 12.9. The zero-order chi connectivity index (χ0) is 16.8. The van der Waals surface area contributed by atoms with Crippen LogP contribution in [0.15, 0.2) is 50.5 Å². The maximum Gasteiger partial charge on any atom is 0.434 e. The van der Waals surface area contributed by atoms with Gasteiger partial charge in [-0.25, -0.2) is 13.2 Å². The number of nitrogen functional groups attached to an aromatic ring is 1. The number of aromatic nitrogens is 1. The average Bonchev–Trinajstić information content (AvgIpc) is 2.82. The van der Waals surface area contributed by atoms with Gasteiger partial charge in [0.2, 0.25) is 0 Å². The molecule has 0 saturated carbocycles. The highest BCUT2D eigenvalue weighted by atomic mass is 35.5. The van der Waals surface area contributed by atoms with Gasteiger partial charge in [-0.1, -0.05) is 11.6 Å². The van der Waals surface area contributed by atoms with Gasteiger partial charge in [0.25, 0.3) is 10.0 Å². The molecular weight excluding hydrogens is 344 g/mol. The van der Waals surface area contributed by atoms with Gasteiger partial charge in [-0.15, -0.1) is 0 Å². The molecule has 0 atom stereocenters. The summed E-state index contributed by atoms with van der Waals surface area (Å²) in [5.41, 5.74) is 6.10. The standard InChI is InChI=1S/C14H11ClN2O5S/c1-21-11-5-2-8(15)6-13(11)23(19,20)17-10-4-3-9(16)7-12(10)22-14(17)18/h2-7H,16H2,1H3. The molecule has 0 aliphatic carbocycles. The molecule has 9 heteroatoms. The number of ether oxygens (including phenoxy) is 1. The Labute approximate surface area is 135 Å². The first kappa shape index (κ1) is 15.4. The number of oxazole rings is 1. The van der Waals surface area contributed by atoms with Crippen molar-refractivity contribution in [2.45, 2.75) is 4.90 Å². The number of nitrogens with two attached hydrogens (primary N) is 1. The van der Waals surface area contributed by atoms with Crippen molar-refractivity contribution in [2.24, 2.45) is 0 Å². The Morgan fingerprint density at radius 2 is 1.96 bits per heavy atom. The number of halogens is 1. The monoisotopic (exact) mass is 354 g/mol. The lowest BCUT2D eigenvalue weighted by atomic mass is 10.3. The van der Waals surface area contributed by atoms with E-state index in [4.69, 9.17) is 26.5 Å². The number of fused-ring (bicyclic) bond motifs is 1. The van der Waals surface area contributed by atoms with E-state index < -0.39 is 15.8 Å². The molecule has 120 valence electrons. The second kappa shape index (κ2) is 5.32. The number of benzene rings is 2. The van der Waals surface area contributed by atoms with Crippen LogP contribution in [0.25, 0.3) is 11.1 Å².